The van der Waals surface area contributed by atoms with Crippen molar-refractivity contribution in [2.75, 3.05) is 0 Å². The first kappa shape index (κ1) is 6.02. The molecule has 0 aromatic carbocycles. The van der Waals surface area contributed by atoms with Crippen LogP contribution in [0.2, 0.25) is 0 Å². The fraction of sp³-hybridized carbons (Fsp3) is 0.556. The van der Waals surface area contributed by atoms with E-state index in [-0.39, 0.29) is 0 Å². The van der Waals surface area contributed by atoms with Crippen molar-refractivity contribution < 1.29 is 5.11 Å². The Balaban J connectivity index is 2.16. The standard InChI is InChI=1S/C9H12O/c1-6(10)9-5-7-2-3-8(9)4-7/h2-3,7-10H,1,4-5H2. The summed E-state index contributed by atoms with van der Waals surface area (Å²) < 4.78 is 0. The first-order valence-electron chi connectivity index (χ1n) is 3.83. The summed E-state index contributed by atoms with van der Waals surface area (Å²) in [6.45, 7) is 3.58. The number of aliphatic hydroxyl groups excluding tert-OH is 1. The molecule has 0 heterocycles. The molecule has 0 aromatic rings. The van der Waals surface area contributed by atoms with Gasteiger partial charge in [-0.3, -0.25) is 0 Å². The quantitative estimate of drug-likeness (QED) is 0.433. The molecule has 1 saturated carbocycles. The highest BCUT2D eigenvalue weighted by molar-refractivity contribution is 5.15. The molecule has 2 aliphatic carbocycles. The third kappa shape index (κ3) is 0.698. The molecule has 0 saturated heterocycles. The molecule has 1 nitrogen and oxygen atoms in total. The third-order valence-electron chi connectivity index (χ3n) is 2.71. The molecule has 0 aromatic heterocycles. The Kier molecular flexibility index (Phi) is 1.13. The fourth-order valence-electron chi connectivity index (χ4n) is 2.16. The van der Waals surface area contributed by atoms with Crippen molar-refractivity contribution in [2.24, 2.45) is 17.8 Å². The molecular weight excluding hydrogens is 124 g/mol. The SMILES string of the molecule is C=C(O)C1CC2C=CC1C2. The van der Waals surface area contributed by atoms with Crippen LogP contribution in [0.4, 0.5) is 0 Å². The maximum absolute atomic E-state index is 9.15. The van der Waals surface area contributed by atoms with Crippen molar-refractivity contribution in [2.45, 2.75) is 12.8 Å². The topological polar surface area (TPSA) is 20.2 Å². The summed E-state index contributed by atoms with van der Waals surface area (Å²) in [6.07, 6.45) is 6.85. The number of rotatable bonds is 1. The van der Waals surface area contributed by atoms with Crippen molar-refractivity contribution in [3.05, 3.63) is 24.5 Å². The van der Waals surface area contributed by atoms with Crippen LogP contribution in [0.5, 0.6) is 0 Å². The summed E-state index contributed by atoms with van der Waals surface area (Å²) in [5, 5.41) is 9.15. The van der Waals surface area contributed by atoms with Crippen molar-refractivity contribution in [3.63, 3.8) is 0 Å². The van der Waals surface area contributed by atoms with Gasteiger partial charge in [0.25, 0.3) is 0 Å². The smallest absolute Gasteiger partial charge is 0.0888 e. The van der Waals surface area contributed by atoms with Crippen LogP contribution in [0.15, 0.2) is 24.5 Å². The van der Waals surface area contributed by atoms with E-state index in [1.54, 1.807) is 0 Å². The molecule has 1 N–H and O–H groups in total. The zero-order valence-corrected chi connectivity index (χ0v) is 5.96. The van der Waals surface area contributed by atoms with E-state index < -0.39 is 0 Å². The van der Waals surface area contributed by atoms with E-state index in [1.807, 2.05) is 0 Å². The number of aliphatic hydroxyl groups is 1. The van der Waals surface area contributed by atoms with Crippen LogP contribution in [0.25, 0.3) is 0 Å². The summed E-state index contributed by atoms with van der Waals surface area (Å²) in [5.41, 5.74) is 0. The molecule has 1 fully saturated rings. The molecule has 1 heteroatoms. The molecule has 2 aliphatic rings. The Bertz CT molecular complexity index is 193. The average Bonchev–Trinajstić information content (AvgIpc) is 2.44. The van der Waals surface area contributed by atoms with E-state index in [0.717, 1.165) is 12.3 Å². The molecular formula is C9H12O. The molecule has 0 radical (unpaired) electrons. The Morgan fingerprint density at radius 1 is 1.40 bits per heavy atom. The van der Waals surface area contributed by atoms with Gasteiger partial charge in [-0.15, -0.1) is 0 Å². The first-order valence-corrected chi connectivity index (χ1v) is 3.83. The highest BCUT2D eigenvalue weighted by atomic mass is 16.3. The van der Waals surface area contributed by atoms with Crippen LogP contribution >= 0.6 is 0 Å². The van der Waals surface area contributed by atoms with Crippen molar-refractivity contribution in [1.29, 1.82) is 0 Å². The lowest BCUT2D eigenvalue weighted by Crippen LogP contribution is -2.08. The maximum atomic E-state index is 9.15. The van der Waals surface area contributed by atoms with E-state index in [1.165, 1.54) is 6.42 Å². The van der Waals surface area contributed by atoms with Gasteiger partial charge in [-0.1, -0.05) is 18.7 Å². The van der Waals surface area contributed by atoms with Gasteiger partial charge in [-0.2, -0.15) is 0 Å². The van der Waals surface area contributed by atoms with E-state index in [2.05, 4.69) is 18.7 Å². The minimum Gasteiger partial charge on any atom is -0.513 e. The van der Waals surface area contributed by atoms with E-state index in [9.17, 15) is 0 Å². The van der Waals surface area contributed by atoms with Gasteiger partial charge in [-0.25, -0.2) is 0 Å². The summed E-state index contributed by atoms with van der Waals surface area (Å²) in [5.74, 6) is 2.09. The van der Waals surface area contributed by atoms with Crippen LogP contribution < -0.4 is 0 Å². The molecule has 0 spiro atoms. The highest BCUT2D eigenvalue weighted by Crippen LogP contribution is 2.45. The zero-order valence-electron chi connectivity index (χ0n) is 5.96. The second kappa shape index (κ2) is 1.88. The normalized spacial score (nSPS) is 42.6. The second-order valence-electron chi connectivity index (χ2n) is 3.38. The number of fused-ring (bicyclic) bond motifs is 2. The lowest BCUT2D eigenvalue weighted by molar-refractivity contribution is 0.306. The zero-order chi connectivity index (χ0) is 7.14. The third-order valence-corrected chi connectivity index (χ3v) is 2.71. The minimum absolute atomic E-state index is 0.370. The fourth-order valence-corrected chi connectivity index (χ4v) is 2.16. The van der Waals surface area contributed by atoms with Crippen LogP contribution in [-0.4, -0.2) is 5.11 Å². The molecule has 0 amide bonds. The van der Waals surface area contributed by atoms with Crippen LogP contribution in [0.1, 0.15) is 12.8 Å². The average molecular weight is 136 g/mol. The van der Waals surface area contributed by atoms with Crippen molar-refractivity contribution >= 4 is 0 Å². The van der Waals surface area contributed by atoms with Crippen LogP contribution in [0.3, 0.4) is 0 Å². The molecule has 3 atom stereocenters. The van der Waals surface area contributed by atoms with Gasteiger partial charge in [0.2, 0.25) is 0 Å². The molecule has 2 rings (SSSR count). The number of allylic oxidation sites excluding steroid dienone is 3. The van der Waals surface area contributed by atoms with Gasteiger partial charge in [0.05, 0.1) is 5.76 Å². The van der Waals surface area contributed by atoms with Gasteiger partial charge in [0, 0.05) is 5.92 Å². The molecule has 10 heavy (non-hydrogen) atoms. The Hall–Kier alpha value is -0.720. The monoisotopic (exact) mass is 136 g/mol. The molecule has 0 aliphatic heterocycles. The van der Waals surface area contributed by atoms with E-state index >= 15 is 0 Å². The summed E-state index contributed by atoms with van der Waals surface area (Å²) in [7, 11) is 0. The Morgan fingerprint density at radius 3 is 2.50 bits per heavy atom. The molecule has 3 unspecified atom stereocenters. The Labute approximate surface area is 61.1 Å². The summed E-state index contributed by atoms with van der Waals surface area (Å²) >= 11 is 0. The number of hydrogen-bond acceptors (Lipinski definition) is 1. The Morgan fingerprint density at radius 2 is 2.20 bits per heavy atom. The highest BCUT2D eigenvalue weighted by Gasteiger charge is 2.36. The minimum atomic E-state index is 0.370. The van der Waals surface area contributed by atoms with E-state index in [4.69, 9.17) is 5.11 Å². The van der Waals surface area contributed by atoms with Gasteiger partial charge in [0.15, 0.2) is 0 Å². The van der Waals surface area contributed by atoms with Gasteiger partial charge < -0.3 is 5.11 Å². The van der Waals surface area contributed by atoms with Gasteiger partial charge >= 0.3 is 0 Å². The predicted octanol–water partition coefficient (Wildman–Crippen LogP) is 2.27. The lowest BCUT2D eigenvalue weighted by Gasteiger charge is -2.15. The molecule has 54 valence electrons. The van der Waals surface area contributed by atoms with Crippen LogP contribution in [0, 0.1) is 17.8 Å². The lowest BCUT2D eigenvalue weighted by atomic mass is 9.92. The van der Waals surface area contributed by atoms with Crippen molar-refractivity contribution in [1.82, 2.24) is 0 Å². The second-order valence-corrected chi connectivity index (χ2v) is 3.38. The molecule has 2 bridgehead atoms. The maximum Gasteiger partial charge on any atom is 0.0888 e. The first-order chi connectivity index (χ1) is 4.77. The summed E-state index contributed by atoms with van der Waals surface area (Å²) in [4.78, 5) is 0. The summed E-state index contributed by atoms with van der Waals surface area (Å²) in [6, 6.07) is 0. The van der Waals surface area contributed by atoms with Crippen LogP contribution in [-0.2, 0) is 0 Å². The predicted molar refractivity (Wildman–Crippen MR) is 40.6 cm³/mol. The van der Waals surface area contributed by atoms with E-state index in [0.29, 0.717) is 17.6 Å². The number of hydrogen-bond donors (Lipinski definition) is 1. The largest absolute Gasteiger partial charge is 0.513 e. The van der Waals surface area contributed by atoms with Gasteiger partial charge in [0.1, 0.15) is 0 Å². The van der Waals surface area contributed by atoms with Crippen molar-refractivity contribution in [3.8, 4) is 0 Å². The van der Waals surface area contributed by atoms with Gasteiger partial charge in [-0.05, 0) is 24.7 Å².